The van der Waals surface area contributed by atoms with E-state index in [1.54, 1.807) is 6.07 Å². The van der Waals surface area contributed by atoms with E-state index in [2.05, 4.69) is 4.90 Å². The molecule has 1 fully saturated rings. The van der Waals surface area contributed by atoms with E-state index in [9.17, 15) is 10.1 Å². The number of nitrogens with zero attached hydrogens (tertiary/aromatic N) is 2. The molecule has 6 heteroatoms. The molecule has 1 unspecified atom stereocenters. The molecule has 1 saturated heterocycles. The molecule has 1 aromatic rings. The van der Waals surface area contributed by atoms with Crippen LogP contribution in [0.25, 0.3) is 0 Å². The average Bonchev–Trinajstić information content (AvgIpc) is 2.39. The van der Waals surface area contributed by atoms with E-state index in [4.69, 9.17) is 5.73 Å². The van der Waals surface area contributed by atoms with Crippen LogP contribution in [-0.2, 0) is 0 Å². The van der Waals surface area contributed by atoms with Gasteiger partial charge in [-0.05, 0) is 66.4 Å². The molecule has 2 rings (SSSR count). The summed E-state index contributed by atoms with van der Waals surface area (Å²) in [6.45, 7) is 2.76. The summed E-state index contributed by atoms with van der Waals surface area (Å²) in [5, 5.41) is 10.8. The number of anilines is 1. The molecule has 0 aliphatic carbocycles. The first-order valence-electron chi connectivity index (χ1n) is 6.50. The summed E-state index contributed by atoms with van der Waals surface area (Å²) in [4.78, 5) is 12.8. The van der Waals surface area contributed by atoms with Crippen LogP contribution in [0.1, 0.15) is 19.3 Å². The lowest BCUT2D eigenvalue weighted by molar-refractivity contribution is -0.385. The topological polar surface area (TPSA) is 72.4 Å². The lowest BCUT2D eigenvalue weighted by atomic mass is 9.94. The quantitative estimate of drug-likeness (QED) is 0.499. The van der Waals surface area contributed by atoms with Crippen molar-refractivity contribution < 1.29 is 4.92 Å². The molecule has 1 aromatic carbocycles. The van der Waals surface area contributed by atoms with Gasteiger partial charge in [-0.2, -0.15) is 0 Å². The molecule has 1 heterocycles. The van der Waals surface area contributed by atoms with Crippen LogP contribution in [0.3, 0.4) is 0 Å². The highest BCUT2D eigenvalue weighted by Crippen LogP contribution is 2.29. The Morgan fingerprint density at radius 2 is 2.32 bits per heavy atom. The lowest BCUT2D eigenvalue weighted by Crippen LogP contribution is -2.36. The zero-order valence-corrected chi connectivity index (χ0v) is 12.9. The van der Waals surface area contributed by atoms with Crippen molar-refractivity contribution >= 4 is 34.0 Å². The van der Waals surface area contributed by atoms with E-state index >= 15 is 0 Å². The molecular weight excluding hydrogens is 357 g/mol. The largest absolute Gasteiger partial charge is 0.371 e. The Balaban J connectivity index is 2.13. The molecule has 1 aliphatic heterocycles. The first-order chi connectivity index (χ1) is 9.11. The third-order valence-corrected chi connectivity index (χ3v) is 4.45. The minimum Gasteiger partial charge on any atom is -0.371 e. The van der Waals surface area contributed by atoms with E-state index in [-0.39, 0.29) is 10.6 Å². The molecule has 0 saturated carbocycles. The number of halogens is 1. The van der Waals surface area contributed by atoms with Gasteiger partial charge in [0.15, 0.2) is 0 Å². The van der Waals surface area contributed by atoms with Crippen molar-refractivity contribution in [3.63, 3.8) is 0 Å². The summed E-state index contributed by atoms with van der Waals surface area (Å²) in [6.07, 6.45) is 3.45. The zero-order chi connectivity index (χ0) is 13.8. The maximum Gasteiger partial charge on any atom is 0.282 e. The Morgan fingerprint density at radius 3 is 2.95 bits per heavy atom. The van der Waals surface area contributed by atoms with Gasteiger partial charge in [0.25, 0.3) is 5.69 Å². The molecule has 1 atom stereocenters. The van der Waals surface area contributed by atoms with E-state index in [1.165, 1.54) is 6.42 Å². The van der Waals surface area contributed by atoms with E-state index < -0.39 is 0 Å². The van der Waals surface area contributed by atoms with Crippen molar-refractivity contribution in [2.24, 2.45) is 11.7 Å². The molecule has 2 N–H and O–H groups in total. The second-order valence-electron chi connectivity index (χ2n) is 4.92. The number of nitrogens with two attached hydrogens (primary N) is 1. The van der Waals surface area contributed by atoms with Crippen LogP contribution in [-0.4, -0.2) is 24.6 Å². The monoisotopic (exact) mass is 375 g/mol. The lowest BCUT2D eigenvalue weighted by Gasteiger charge is -2.34. The van der Waals surface area contributed by atoms with Gasteiger partial charge >= 0.3 is 0 Å². The van der Waals surface area contributed by atoms with Gasteiger partial charge in [0.05, 0.1) is 8.49 Å². The fourth-order valence-corrected chi connectivity index (χ4v) is 3.31. The standard InChI is InChI=1S/C13H18IN3O2/c14-12-8-11(3-4-13(12)17(18)19)16-7-1-2-10(9-16)5-6-15/h3-4,8,10H,1-2,5-7,9,15H2. The second-order valence-corrected chi connectivity index (χ2v) is 6.09. The summed E-state index contributed by atoms with van der Waals surface area (Å²) in [6, 6.07) is 5.36. The Hall–Kier alpha value is -0.890. The normalized spacial score (nSPS) is 19.5. The van der Waals surface area contributed by atoms with Gasteiger partial charge in [0.2, 0.25) is 0 Å². The van der Waals surface area contributed by atoms with E-state index in [0.717, 1.165) is 38.2 Å². The number of hydrogen-bond acceptors (Lipinski definition) is 4. The number of piperidine rings is 1. The SMILES string of the molecule is NCCC1CCCN(c2ccc([N+](=O)[O-])c(I)c2)C1. The smallest absolute Gasteiger partial charge is 0.282 e. The van der Waals surface area contributed by atoms with Crippen LogP contribution in [0.5, 0.6) is 0 Å². The average molecular weight is 375 g/mol. The molecule has 1 aliphatic rings. The molecule has 104 valence electrons. The first-order valence-corrected chi connectivity index (χ1v) is 7.58. The Morgan fingerprint density at radius 1 is 1.53 bits per heavy atom. The molecule has 0 spiro atoms. The van der Waals surface area contributed by atoms with E-state index in [1.807, 2.05) is 34.7 Å². The Bertz CT molecular complexity index is 465. The molecule has 19 heavy (non-hydrogen) atoms. The maximum atomic E-state index is 10.8. The molecule has 0 aromatic heterocycles. The Kier molecular flexibility index (Phi) is 4.98. The van der Waals surface area contributed by atoms with Crippen molar-refractivity contribution in [3.05, 3.63) is 31.9 Å². The molecule has 5 nitrogen and oxygen atoms in total. The third-order valence-electron chi connectivity index (χ3n) is 3.59. The van der Waals surface area contributed by atoms with Crippen LogP contribution < -0.4 is 10.6 Å². The van der Waals surface area contributed by atoms with Crippen LogP contribution in [0.2, 0.25) is 0 Å². The van der Waals surface area contributed by atoms with Crippen LogP contribution in [0.15, 0.2) is 18.2 Å². The molecule has 0 bridgehead atoms. The first kappa shape index (κ1) is 14.5. The van der Waals surface area contributed by atoms with Gasteiger partial charge in [-0.15, -0.1) is 0 Å². The van der Waals surface area contributed by atoms with Gasteiger partial charge in [0.1, 0.15) is 0 Å². The van der Waals surface area contributed by atoms with Gasteiger partial charge in [-0.3, -0.25) is 10.1 Å². The number of rotatable bonds is 4. The van der Waals surface area contributed by atoms with Crippen molar-refractivity contribution in [2.45, 2.75) is 19.3 Å². The highest BCUT2D eigenvalue weighted by atomic mass is 127. The summed E-state index contributed by atoms with van der Waals surface area (Å²) < 4.78 is 0.695. The molecule has 0 amide bonds. The van der Waals surface area contributed by atoms with Gasteiger partial charge in [0, 0.05) is 24.8 Å². The summed E-state index contributed by atoms with van der Waals surface area (Å²) in [7, 11) is 0. The number of hydrogen-bond donors (Lipinski definition) is 1. The number of nitro benzene ring substituents is 1. The van der Waals surface area contributed by atoms with Gasteiger partial charge in [-0.1, -0.05) is 0 Å². The zero-order valence-electron chi connectivity index (χ0n) is 10.7. The highest BCUT2D eigenvalue weighted by Gasteiger charge is 2.21. The number of nitro groups is 1. The molecule has 0 radical (unpaired) electrons. The van der Waals surface area contributed by atoms with Crippen molar-refractivity contribution in [3.8, 4) is 0 Å². The van der Waals surface area contributed by atoms with Crippen molar-refractivity contribution in [2.75, 3.05) is 24.5 Å². The summed E-state index contributed by atoms with van der Waals surface area (Å²) >= 11 is 2.03. The number of benzene rings is 1. The minimum atomic E-state index is -0.334. The predicted molar refractivity (Wildman–Crippen MR) is 84.4 cm³/mol. The van der Waals surface area contributed by atoms with Crippen LogP contribution in [0.4, 0.5) is 11.4 Å². The summed E-state index contributed by atoms with van der Waals surface area (Å²) in [5.41, 5.74) is 6.89. The molecular formula is C13H18IN3O2. The fourth-order valence-electron chi connectivity index (χ4n) is 2.61. The maximum absolute atomic E-state index is 10.8. The van der Waals surface area contributed by atoms with Gasteiger partial charge < -0.3 is 10.6 Å². The predicted octanol–water partition coefficient (Wildman–Crippen LogP) is 2.76. The van der Waals surface area contributed by atoms with E-state index in [0.29, 0.717) is 9.49 Å². The van der Waals surface area contributed by atoms with Crippen molar-refractivity contribution in [1.82, 2.24) is 0 Å². The van der Waals surface area contributed by atoms with Gasteiger partial charge in [-0.25, -0.2) is 0 Å². The van der Waals surface area contributed by atoms with Crippen LogP contribution in [0, 0.1) is 19.6 Å². The summed E-state index contributed by atoms with van der Waals surface area (Å²) in [5.74, 6) is 0.645. The highest BCUT2D eigenvalue weighted by molar-refractivity contribution is 14.1. The third kappa shape index (κ3) is 3.56. The van der Waals surface area contributed by atoms with Crippen LogP contribution >= 0.6 is 22.6 Å². The fraction of sp³-hybridized carbons (Fsp3) is 0.538. The minimum absolute atomic E-state index is 0.180. The van der Waals surface area contributed by atoms with Crippen molar-refractivity contribution in [1.29, 1.82) is 0 Å². The Labute approximate surface area is 126 Å². The second kappa shape index (κ2) is 6.51.